The number of benzene rings is 3. The number of nitrogens with one attached hydrogen (secondary N) is 6. The molecule has 0 aromatic heterocycles. The van der Waals surface area contributed by atoms with Crippen molar-refractivity contribution in [3.63, 3.8) is 0 Å². The first-order chi connectivity index (χ1) is 35.7. The topological polar surface area (TPSA) is 262 Å². The summed E-state index contributed by atoms with van der Waals surface area (Å²) < 4.78 is 9.01. The highest BCUT2D eigenvalue weighted by Crippen LogP contribution is 2.18. The Morgan fingerprint density at radius 2 is 1.05 bits per heavy atom. The fourth-order valence-corrected chi connectivity index (χ4v) is 6.37. The fourth-order valence-electron chi connectivity index (χ4n) is 6.37. The van der Waals surface area contributed by atoms with Crippen molar-refractivity contribution in [3.8, 4) is 0 Å². The Bertz CT molecular complexity index is 2010. The number of methoxy groups -OCH3 is 2. The van der Waals surface area contributed by atoms with Crippen LogP contribution in [0.5, 0.6) is 0 Å². The van der Waals surface area contributed by atoms with E-state index in [1.807, 2.05) is 96.1 Å². The van der Waals surface area contributed by atoms with Crippen LogP contribution in [0.4, 0.5) is 9.59 Å². The van der Waals surface area contributed by atoms with Crippen molar-refractivity contribution < 1.29 is 52.8 Å². The number of carbonyl (C=O) groups is 5. The molecule has 1 heterocycles. The second kappa shape index (κ2) is 45.1. The highest BCUT2D eigenvalue weighted by Gasteiger charge is 2.44. The first-order valence-corrected chi connectivity index (χ1v) is 25.4. The number of nitrogens with two attached hydrogens (primary N) is 1. The summed E-state index contributed by atoms with van der Waals surface area (Å²) in [6.07, 6.45) is 5.92. The molecule has 76 heavy (non-hydrogen) atoms. The van der Waals surface area contributed by atoms with E-state index in [-0.39, 0.29) is 38.0 Å². The lowest BCUT2D eigenvalue weighted by molar-refractivity contribution is -0.147. The number of isocyanates is 1. The molecule has 0 aliphatic carbocycles. The number of imide groups is 1. The standard InChI is InChI=1S/C16H25N3O4.C16H23N3O3.C11H18N2O.C6H9NO3.3C2H6.CH4/c1-16(2,14(20)22-3)18-15(21)17-13(19-23-4)11-10-12-8-6-5-7-9-12;1-16(2)14(20)19(15(21)17-16)11-13(18-22-3)10-9-12-7-5-4-6-8-12;1-14-13-11(9-12)8-7-10-5-3-2-4-6-10;1-6(2,7-4-8)5(9)10-3;3*1-2;/h5-9,13,19H,10-11H2,1-4H3,(H2,17,18,21);4-8,13,18H,9-11H2,1-3H3,(H,17,21);2-6,11,13H,7-9,12H2,1H3;1-3H3;3*1-2H3;1H4. The molecule has 3 aromatic rings. The lowest BCUT2D eigenvalue weighted by Crippen LogP contribution is -2.57. The van der Waals surface area contributed by atoms with E-state index in [0.717, 1.165) is 37.7 Å². The minimum atomic E-state index is -1.12. The van der Waals surface area contributed by atoms with Gasteiger partial charge in [0.15, 0.2) is 5.54 Å². The van der Waals surface area contributed by atoms with Crippen molar-refractivity contribution in [2.24, 2.45) is 10.7 Å². The van der Waals surface area contributed by atoms with Gasteiger partial charge in [-0.15, -0.1) is 0 Å². The van der Waals surface area contributed by atoms with Crippen molar-refractivity contribution >= 4 is 36.0 Å². The van der Waals surface area contributed by atoms with Gasteiger partial charge in [0.05, 0.1) is 41.6 Å². The van der Waals surface area contributed by atoms with Crippen LogP contribution >= 0.6 is 0 Å². The third kappa shape index (κ3) is 33.1. The number of hydrogen-bond acceptors (Lipinski definition) is 16. The number of amides is 5. The number of urea groups is 2. The molecular weight excluding hydrogens is 975 g/mol. The SMILES string of the molecule is C.CC.CC.CC.COC(=O)C(C)(C)N=C=O.CONC(CCc1ccccc1)CN1C(=O)NC(C)(C)C1=O.CONC(CCc1ccccc1)NC(=O)NC(C)(C)C(=O)OC.CONC(CN)CCc1ccccc1. The van der Waals surface area contributed by atoms with Crippen LogP contribution in [0.1, 0.15) is 126 Å². The Kier molecular flexibility index (Phi) is 45.4. The molecule has 1 saturated heterocycles. The van der Waals surface area contributed by atoms with Gasteiger partial charge in [-0.2, -0.15) is 21.4 Å². The molecule has 0 saturated carbocycles. The van der Waals surface area contributed by atoms with Crippen molar-refractivity contribution in [2.75, 3.05) is 48.6 Å². The lowest BCUT2D eigenvalue weighted by Gasteiger charge is -2.25. The monoisotopic (exact) mass is 1070 g/mol. The molecular formula is C56H97N9O11. The van der Waals surface area contributed by atoms with Gasteiger partial charge < -0.3 is 45.7 Å². The Morgan fingerprint density at radius 3 is 1.41 bits per heavy atom. The predicted molar refractivity (Wildman–Crippen MR) is 302 cm³/mol. The largest absolute Gasteiger partial charge is 0.467 e. The smallest absolute Gasteiger partial charge is 0.334 e. The summed E-state index contributed by atoms with van der Waals surface area (Å²) in [6, 6.07) is 29.7. The molecule has 5 amide bonds. The van der Waals surface area contributed by atoms with E-state index in [4.69, 9.17) is 20.2 Å². The van der Waals surface area contributed by atoms with Crippen molar-refractivity contribution in [2.45, 2.75) is 164 Å². The molecule has 0 radical (unpaired) electrons. The Hall–Kier alpha value is -6.09. The average molecular weight is 1070 g/mol. The molecule has 432 valence electrons. The molecule has 3 aromatic carbocycles. The first-order valence-electron chi connectivity index (χ1n) is 25.4. The van der Waals surface area contributed by atoms with Crippen LogP contribution in [0.3, 0.4) is 0 Å². The highest BCUT2D eigenvalue weighted by molar-refractivity contribution is 6.06. The normalized spacial score (nSPS) is 12.9. The van der Waals surface area contributed by atoms with E-state index >= 15 is 0 Å². The second-order valence-electron chi connectivity index (χ2n) is 17.2. The molecule has 20 heteroatoms. The quantitative estimate of drug-likeness (QED) is 0.0119. The Morgan fingerprint density at radius 1 is 0.658 bits per heavy atom. The number of carbonyl (C=O) groups excluding carboxylic acids is 6. The van der Waals surface area contributed by atoms with Crippen LogP contribution < -0.4 is 38.1 Å². The Labute approximate surface area is 455 Å². The second-order valence-corrected chi connectivity index (χ2v) is 17.2. The molecule has 8 N–H and O–H groups in total. The summed E-state index contributed by atoms with van der Waals surface area (Å²) in [7, 11) is 7.15. The van der Waals surface area contributed by atoms with E-state index < -0.39 is 40.8 Å². The minimum absolute atomic E-state index is 0. The molecule has 1 aliphatic rings. The zero-order valence-electron chi connectivity index (χ0n) is 48.0. The minimum Gasteiger partial charge on any atom is -0.467 e. The van der Waals surface area contributed by atoms with E-state index in [1.54, 1.807) is 34.8 Å². The number of nitrogens with zero attached hydrogens (tertiary/aromatic N) is 2. The van der Waals surface area contributed by atoms with Gasteiger partial charge in [-0.25, -0.2) is 24.0 Å². The Balaban J connectivity index is -0.000000455. The summed E-state index contributed by atoms with van der Waals surface area (Å²) >= 11 is 0. The number of esters is 2. The molecule has 0 bridgehead atoms. The maximum Gasteiger partial charge on any atom is 0.334 e. The van der Waals surface area contributed by atoms with Gasteiger partial charge in [0.2, 0.25) is 6.08 Å². The van der Waals surface area contributed by atoms with Crippen molar-refractivity contribution in [1.82, 2.24) is 37.3 Å². The summed E-state index contributed by atoms with van der Waals surface area (Å²) in [5, 5.41) is 7.99. The summed E-state index contributed by atoms with van der Waals surface area (Å²) in [5.41, 5.74) is 14.7. The van der Waals surface area contributed by atoms with Gasteiger partial charge in [-0.3, -0.25) is 9.69 Å². The predicted octanol–water partition coefficient (Wildman–Crippen LogP) is 7.90. The van der Waals surface area contributed by atoms with Gasteiger partial charge in [-0.1, -0.05) is 140 Å². The number of aliphatic imine (C=N–C) groups is 1. The van der Waals surface area contributed by atoms with E-state index in [1.165, 1.54) is 64.4 Å². The molecule has 3 atom stereocenters. The first kappa shape index (κ1) is 76.4. The zero-order chi connectivity index (χ0) is 57.9. The van der Waals surface area contributed by atoms with Crippen LogP contribution in [0, 0.1) is 0 Å². The molecule has 3 unspecified atom stereocenters. The maximum atomic E-state index is 12.2. The number of rotatable bonds is 23. The van der Waals surface area contributed by atoms with E-state index in [2.05, 4.69) is 83.3 Å². The van der Waals surface area contributed by atoms with E-state index in [0.29, 0.717) is 13.0 Å². The third-order valence-corrected chi connectivity index (χ3v) is 10.2. The average Bonchev–Trinajstić information content (AvgIpc) is 3.61. The fraction of sp³-hybridized carbons (Fsp3) is 0.571. The van der Waals surface area contributed by atoms with Gasteiger partial charge in [0, 0.05) is 19.1 Å². The van der Waals surface area contributed by atoms with Crippen LogP contribution in [-0.2, 0) is 62.4 Å². The number of hydrogen-bond donors (Lipinski definition) is 7. The molecule has 20 nitrogen and oxygen atoms in total. The van der Waals surface area contributed by atoms with Crippen molar-refractivity contribution in [1.29, 1.82) is 0 Å². The van der Waals surface area contributed by atoms with Crippen molar-refractivity contribution in [3.05, 3.63) is 108 Å². The lowest BCUT2D eigenvalue weighted by atomic mass is 10.0. The van der Waals surface area contributed by atoms with Crippen LogP contribution in [0.25, 0.3) is 0 Å². The summed E-state index contributed by atoms with van der Waals surface area (Å²) in [4.78, 5) is 87.5. The maximum absolute atomic E-state index is 12.2. The number of hydroxylamine groups is 3. The van der Waals surface area contributed by atoms with Crippen LogP contribution in [0.15, 0.2) is 96.0 Å². The molecule has 0 spiro atoms. The van der Waals surface area contributed by atoms with Gasteiger partial charge in [0.1, 0.15) is 17.2 Å². The van der Waals surface area contributed by atoms with Crippen LogP contribution in [0.2, 0.25) is 0 Å². The highest BCUT2D eigenvalue weighted by atomic mass is 16.6. The summed E-state index contributed by atoms with van der Waals surface area (Å²) in [5.74, 6) is -1.27. The number of aryl methyl sites for hydroxylation is 3. The van der Waals surface area contributed by atoms with Gasteiger partial charge >= 0.3 is 24.0 Å². The summed E-state index contributed by atoms with van der Waals surface area (Å²) in [6.45, 7) is 22.4. The third-order valence-electron chi connectivity index (χ3n) is 10.2. The van der Waals surface area contributed by atoms with Gasteiger partial charge in [-0.05, 0) is 96.8 Å². The van der Waals surface area contributed by atoms with E-state index in [9.17, 15) is 28.8 Å². The molecule has 1 fully saturated rings. The number of ether oxygens (including phenoxy) is 2. The zero-order valence-corrected chi connectivity index (χ0v) is 48.0. The molecule has 1 aliphatic heterocycles. The van der Waals surface area contributed by atoms with Gasteiger partial charge in [0.25, 0.3) is 5.91 Å². The molecule has 4 rings (SSSR count). The van der Waals surface area contributed by atoms with Crippen LogP contribution in [-0.4, -0.2) is 124 Å².